The molecule has 1 N–H and O–H groups in total. The van der Waals surface area contributed by atoms with E-state index in [-0.39, 0.29) is 17.1 Å². The van der Waals surface area contributed by atoms with Crippen LogP contribution in [0.2, 0.25) is 0 Å². The molecule has 0 atom stereocenters. The zero-order chi connectivity index (χ0) is 22.5. The normalized spacial score (nSPS) is 15.7. The van der Waals surface area contributed by atoms with Gasteiger partial charge in [0.2, 0.25) is 0 Å². The van der Waals surface area contributed by atoms with Gasteiger partial charge in [0.05, 0.1) is 23.3 Å². The molecule has 0 aromatic carbocycles. The van der Waals surface area contributed by atoms with E-state index in [0.29, 0.717) is 48.1 Å². The van der Waals surface area contributed by atoms with Crippen LogP contribution in [-0.2, 0) is 6.54 Å². The molecule has 11 heteroatoms. The first-order chi connectivity index (χ1) is 15.3. The first-order valence-corrected chi connectivity index (χ1v) is 10.1. The molecule has 0 radical (unpaired) electrons. The number of likely N-dealkylation sites (tertiary alicyclic amines) is 1. The van der Waals surface area contributed by atoms with Crippen LogP contribution < -0.4 is 0 Å². The lowest BCUT2D eigenvalue weighted by molar-refractivity contribution is -0.141. The Labute approximate surface area is 179 Å². The lowest BCUT2D eigenvalue weighted by atomic mass is 10.1. The minimum atomic E-state index is -4.49. The summed E-state index contributed by atoms with van der Waals surface area (Å²) in [5.41, 5.74) is 1.80. The average Bonchev–Trinajstić information content (AvgIpc) is 3.34. The molecule has 0 spiro atoms. The van der Waals surface area contributed by atoms with Gasteiger partial charge in [0.1, 0.15) is 17.9 Å². The highest BCUT2D eigenvalue weighted by Gasteiger charge is 2.31. The van der Waals surface area contributed by atoms with Crippen molar-refractivity contribution in [1.82, 2.24) is 29.3 Å². The number of piperidine rings is 1. The molecule has 1 aliphatic heterocycles. The molecule has 32 heavy (non-hydrogen) atoms. The molecule has 0 unspecified atom stereocenters. The number of amides is 1. The molecule has 4 aromatic rings. The molecule has 8 nitrogen and oxygen atoms in total. The predicted octanol–water partition coefficient (Wildman–Crippen LogP) is 2.91. The van der Waals surface area contributed by atoms with Crippen molar-refractivity contribution in [2.24, 2.45) is 0 Å². The maximum Gasteiger partial charge on any atom is 0.408 e. The summed E-state index contributed by atoms with van der Waals surface area (Å²) in [4.78, 5) is 18.7. The quantitative estimate of drug-likeness (QED) is 0.525. The topological polar surface area (TPSA) is 88.6 Å². The van der Waals surface area contributed by atoms with Crippen LogP contribution in [0.4, 0.5) is 13.2 Å². The molecule has 166 valence electrons. The number of aliphatic hydroxyl groups excluding tert-OH is 1. The van der Waals surface area contributed by atoms with Crippen molar-refractivity contribution in [3.63, 3.8) is 0 Å². The van der Waals surface area contributed by atoms with Crippen LogP contribution in [0, 0.1) is 0 Å². The Morgan fingerprint density at radius 3 is 2.69 bits per heavy atom. The Bertz CT molecular complexity index is 1300. The lowest BCUT2D eigenvalue weighted by Crippen LogP contribution is -2.40. The van der Waals surface area contributed by atoms with E-state index >= 15 is 0 Å². The number of carbonyl (C=O) groups excluding carboxylic acids is 1. The fourth-order valence-electron chi connectivity index (χ4n) is 4.02. The van der Waals surface area contributed by atoms with Gasteiger partial charge in [-0.25, -0.2) is 4.52 Å². The van der Waals surface area contributed by atoms with Gasteiger partial charge < -0.3 is 10.0 Å². The minimum absolute atomic E-state index is 0.0450. The van der Waals surface area contributed by atoms with Crippen LogP contribution in [0.5, 0.6) is 0 Å². The van der Waals surface area contributed by atoms with Crippen molar-refractivity contribution in [3.8, 4) is 11.3 Å². The average molecular weight is 444 g/mol. The van der Waals surface area contributed by atoms with Crippen LogP contribution >= 0.6 is 0 Å². The van der Waals surface area contributed by atoms with Gasteiger partial charge in [-0.1, -0.05) is 6.07 Å². The highest BCUT2D eigenvalue weighted by molar-refractivity contribution is 6.00. The summed E-state index contributed by atoms with van der Waals surface area (Å²) >= 11 is 0. The van der Waals surface area contributed by atoms with E-state index in [9.17, 15) is 23.1 Å². The Hall–Kier alpha value is -3.47. The number of halogens is 3. The summed E-state index contributed by atoms with van der Waals surface area (Å²) in [5, 5.41) is 18.5. The number of aliphatic hydroxyl groups is 1. The van der Waals surface area contributed by atoms with Gasteiger partial charge in [-0.05, 0) is 31.0 Å². The molecule has 1 amide bonds. The molecule has 0 bridgehead atoms. The monoisotopic (exact) mass is 444 g/mol. The Morgan fingerprint density at radius 2 is 1.94 bits per heavy atom. The number of fused-ring (bicyclic) bond motifs is 2. The number of alkyl halides is 3. The third-order valence-electron chi connectivity index (χ3n) is 5.62. The third kappa shape index (κ3) is 3.68. The lowest BCUT2D eigenvalue weighted by Gasteiger charge is -2.29. The second-order valence-corrected chi connectivity index (χ2v) is 7.82. The SMILES string of the molecule is O=C(c1cc2c(cn1)c(-c1cnn3ccccc13)nn2CC(F)(F)F)N1CCC(O)CC1. The van der Waals surface area contributed by atoms with E-state index in [0.717, 1.165) is 4.68 Å². The Kier molecular flexibility index (Phi) is 4.85. The maximum atomic E-state index is 13.3. The fraction of sp³-hybridized carbons (Fsp3) is 0.333. The van der Waals surface area contributed by atoms with Crippen molar-refractivity contribution in [2.75, 3.05) is 13.1 Å². The standard InChI is InChI=1S/C21H19F3N6O2/c22-21(23,24)12-30-18-9-16(20(32)28-7-4-13(31)5-8-28)25-10-14(18)19(27-30)15-11-26-29-6-2-1-3-17(15)29/h1-3,6,9-11,13,31H,4-5,7-8,12H2. The van der Waals surface area contributed by atoms with E-state index in [2.05, 4.69) is 15.2 Å². The molecule has 5 rings (SSSR count). The Morgan fingerprint density at radius 1 is 1.16 bits per heavy atom. The largest absolute Gasteiger partial charge is 0.408 e. The zero-order valence-corrected chi connectivity index (χ0v) is 16.8. The highest BCUT2D eigenvalue weighted by Crippen LogP contribution is 2.32. The zero-order valence-electron chi connectivity index (χ0n) is 16.8. The number of aromatic nitrogens is 5. The fourth-order valence-corrected chi connectivity index (χ4v) is 4.02. The van der Waals surface area contributed by atoms with Gasteiger partial charge in [-0.3, -0.25) is 14.5 Å². The number of rotatable bonds is 3. The summed E-state index contributed by atoms with van der Waals surface area (Å²) in [7, 11) is 0. The van der Waals surface area contributed by atoms with Gasteiger partial charge in [0.15, 0.2) is 0 Å². The van der Waals surface area contributed by atoms with Crippen molar-refractivity contribution in [3.05, 3.63) is 48.5 Å². The van der Waals surface area contributed by atoms with Crippen LogP contribution in [-0.4, -0.2) is 65.7 Å². The van der Waals surface area contributed by atoms with Crippen LogP contribution in [0.15, 0.2) is 42.9 Å². The summed E-state index contributed by atoms with van der Waals surface area (Å²) < 4.78 is 42.3. The molecule has 1 aliphatic rings. The van der Waals surface area contributed by atoms with Gasteiger partial charge in [-0.15, -0.1) is 0 Å². The second kappa shape index (κ2) is 7.59. The molecule has 0 saturated carbocycles. The summed E-state index contributed by atoms with van der Waals surface area (Å²) in [6.07, 6.45) is 0.649. The number of nitrogens with zero attached hydrogens (tertiary/aromatic N) is 6. The van der Waals surface area contributed by atoms with Gasteiger partial charge in [0.25, 0.3) is 5.91 Å². The van der Waals surface area contributed by atoms with E-state index in [1.165, 1.54) is 12.3 Å². The van der Waals surface area contributed by atoms with Crippen molar-refractivity contribution in [2.45, 2.75) is 31.7 Å². The molecular weight excluding hydrogens is 425 g/mol. The molecule has 0 aliphatic carbocycles. The van der Waals surface area contributed by atoms with Crippen molar-refractivity contribution in [1.29, 1.82) is 0 Å². The first kappa shape index (κ1) is 20.4. The van der Waals surface area contributed by atoms with E-state index in [1.807, 2.05) is 0 Å². The van der Waals surface area contributed by atoms with Crippen LogP contribution in [0.1, 0.15) is 23.3 Å². The summed E-state index contributed by atoms with van der Waals surface area (Å²) in [6.45, 7) is -0.555. The predicted molar refractivity (Wildman–Crippen MR) is 109 cm³/mol. The minimum Gasteiger partial charge on any atom is -0.393 e. The number of pyridine rings is 2. The smallest absolute Gasteiger partial charge is 0.393 e. The Balaban J connectivity index is 1.61. The van der Waals surface area contributed by atoms with Gasteiger partial charge in [0, 0.05) is 36.4 Å². The van der Waals surface area contributed by atoms with E-state index in [4.69, 9.17) is 0 Å². The molecule has 1 saturated heterocycles. The second-order valence-electron chi connectivity index (χ2n) is 7.82. The first-order valence-electron chi connectivity index (χ1n) is 10.1. The number of carbonyl (C=O) groups is 1. The van der Waals surface area contributed by atoms with E-state index < -0.39 is 18.8 Å². The van der Waals surface area contributed by atoms with Crippen LogP contribution in [0.3, 0.4) is 0 Å². The maximum absolute atomic E-state index is 13.3. The molecule has 4 aromatic heterocycles. The molecule has 5 heterocycles. The third-order valence-corrected chi connectivity index (χ3v) is 5.62. The summed E-state index contributed by atoms with van der Waals surface area (Å²) in [5.74, 6) is -0.379. The summed E-state index contributed by atoms with van der Waals surface area (Å²) in [6, 6.07) is 6.76. The van der Waals surface area contributed by atoms with Gasteiger partial charge >= 0.3 is 6.18 Å². The van der Waals surface area contributed by atoms with Gasteiger partial charge in [-0.2, -0.15) is 23.4 Å². The van der Waals surface area contributed by atoms with Crippen molar-refractivity contribution < 1.29 is 23.1 Å². The van der Waals surface area contributed by atoms with E-state index in [1.54, 1.807) is 40.0 Å². The molecular formula is C21H19F3N6O2. The van der Waals surface area contributed by atoms with Crippen LogP contribution in [0.25, 0.3) is 27.7 Å². The molecule has 1 fully saturated rings. The van der Waals surface area contributed by atoms with Crippen molar-refractivity contribution >= 4 is 22.3 Å². The number of hydrogen-bond donors (Lipinski definition) is 1. The number of hydrogen-bond acceptors (Lipinski definition) is 5. The highest BCUT2D eigenvalue weighted by atomic mass is 19.4.